The standard InChI is InChI=1S/C17H24N2O3/c1-4-5-6-10-18-17(22)12-19(14(3)21)16-9-7-8-15(11-16)13(2)20/h7-9,11H,4-6,10,12H2,1-3H3,(H,18,22). The van der Waals surface area contributed by atoms with E-state index < -0.39 is 0 Å². The number of nitrogens with zero attached hydrogens (tertiary/aromatic N) is 1. The number of nitrogens with one attached hydrogen (secondary N) is 1. The summed E-state index contributed by atoms with van der Waals surface area (Å²) in [6.45, 7) is 5.55. The summed E-state index contributed by atoms with van der Waals surface area (Å²) in [6, 6.07) is 6.75. The molecule has 1 rings (SSSR count). The minimum Gasteiger partial charge on any atom is -0.355 e. The Balaban J connectivity index is 2.73. The van der Waals surface area contributed by atoms with E-state index in [1.807, 2.05) is 0 Å². The van der Waals surface area contributed by atoms with Crippen LogP contribution in [0.4, 0.5) is 5.69 Å². The van der Waals surface area contributed by atoms with Crippen molar-refractivity contribution in [1.29, 1.82) is 0 Å². The minimum absolute atomic E-state index is 0.0389. The molecule has 0 fully saturated rings. The van der Waals surface area contributed by atoms with Crippen LogP contribution in [0, 0.1) is 0 Å². The third-order valence-electron chi connectivity index (χ3n) is 3.35. The quantitative estimate of drug-likeness (QED) is 0.593. The fraction of sp³-hybridized carbons (Fsp3) is 0.471. The number of rotatable bonds is 8. The van der Waals surface area contributed by atoms with Gasteiger partial charge in [0, 0.05) is 24.7 Å². The largest absolute Gasteiger partial charge is 0.355 e. The summed E-state index contributed by atoms with van der Waals surface area (Å²) in [7, 11) is 0. The van der Waals surface area contributed by atoms with Gasteiger partial charge >= 0.3 is 0 Å². The maximum Gasteiger partial charge on any atom is 0.240 e. The Hall–Kier alpha value is -2.17. The molecule has 1 aromatic carbocycles. The fourth-order valence-electron chi connectivity index (χ4n) is 2.08. The summed E-state index contributed by atoms with van der Waals surface area (Å²) in [5.74, 6) is -0.502. The van der Waals surface area contributed by atoms with Crippen LogP contribution in [0.2, 0.25) is 0 Å². The third kappa shape index (κ3) is 5.68. The highest BCUT2D eigenvalue weighted by Gasteiger charge is 2.16. The lowest BCUT2D eigenvalue weighted by molar-refractivity contribution is -0.123. The molecule has 0 aromatic heterocycles. The van der Waals surface area contributed by atoms with Gasteiger partial charge in [-0.05, 0) is 25.5 Å². The normalized spacial score (nSPS) is 10.1. The van der Waals surface area contributed by atoms with Crippen LogP contribution in [0.1, 0.15) is 50.4 Å². The monoisotopic (exact) mass is 304 g/mol. The van der Waals surface area contributed by atoms with Gasteiger partial charge < -0.3 is 10.2 Å². The predicted octanol–water partition coefficient (Wildman–Crippen LogP) is 2.55. The van der Waals surface area contributed by atoms with Crippen molar-refractivity contribution in [2.24, 2.45) is 0 Å². The fourth-order valence-corrected chi connectivity index (χ4v) is 2.08. The Kier molecular flexibility index (Phi) is 7.29. The molecule has 0 unspecified atom stereocenters. The highest BCUT2D eigenvalue weighted by atomic mass is 16.2. The number of carbonyl (C=O) groups is 3. The highest BCUT2D eigenvalue weighted by molar-refractivity contribution is 6.00. The molecule has 0 atom stereocenters. The van der Waals surface area contributed by atoms with Crippen molar-refractivity contribution >= 4 is 23.3 Å². The third-order valence-corrected chi connectivity index (χ3v) is 3.35. The maximum absolute atomic E-state index is 11.9. The summed E-state index contributed by atoms with van der Waals surface area (Å²) >= 11 is 0. The molecule has 0 aliphatic carbocycles. The van der Waals surface area contributed by atoms with E-state index in [0.717, 1.165) is 19.3 Å². The Bertz CT molecular complexity index is 540. The SMILES string of the molecule is CCCCCNC(=O)CN(C(C)=O)c1cccc(C(C)=O)c1. The number of ketones is 1. The minimum atomic E-state index is -0.232. The Morgan fingerprint density at radius 2 is 1.86 bits per heavy atom. The van der Waals surface area contributed by atoms with Gasteiger partial charge in [-0.15, -0.1) is 0 Å². The first-order valence-corrected chi connectivity index (χ1v) is 7.61. The number of hydrogen-bond acceptors (Lipinski definition) is 3. The van der Waals surface area contributed by atoms with Crippen molar-refractivity contribution in [2.75, 3.05) is 18.0 Å². The summed E-state index contributed by atoms with van der Waals surface area (Å²) in [6.07, 6.45) is 3.09. The molecular weight excluding hydrogens is 280 g/mol. The van der Waals surface area contributed by atoms with Gasteiger partial charge in [-0.25, -0.2) is 0 Å². The van der Waals surface area contributed by atoms with Crippen molar-refractivity contribution < 1.29 is 14.4 Å². The average Bonchev–Trinajstić information content (AvgIpc) is 2.49. The van der Waals surface area contributed by atoms with Crippen molar-refractivity contribution in [3.05, 3.63) is 29.8 Å². The molecule has 0 radical (unpaired) electrons. The average molecular weight is 304 g/mol. The molecule has 2 amide bonds. The molecule has 0 bridgehead atoms. The number of unbranched alkanes of at least 4 members (excludes halogenated alkanes) is 2. The second-order valence-electron chi connectivity index (χ2n) is 5.27. The lowest BCUT2D eigenvalue weighted by Gasteiger charge is -2.21. The first-order chi connectivity index (χ1) is 10.5. The lowest BCUT2D eigenvalue weighted by atomic mass is 10.1. The lowest BCUT2D eigenvalue weighted by Crippen LogP contribution is -2.40. The van der Waals surface area contributed by atoms with E-state index in [-0.39, 0.29) is 24.1 Å². The van der Waals surface area contributed by atoms with Crippen molar-refractivity contribution in [1.82, 2.24) is 5.32 Å². The molecule has 5 nitrogen and oxygen atoms in total. The maximum atomic E-state index is 11.9. The van der Waals surface area contributed by atoms with E-state index in [4.69, 9.17) is 0 Å². The molecule has 1 aromatic rings. The van der Waals surface area contributed by atoms with E-state index in [1.165, 1.54) is 18.7 Å². The zero-order valence-corrected chi connectivity index (χ0v) is 13.5. The number of amides is 2. The number of Topliss-reactive ketones (excluding diaryl/α,β-unsaturated/α-hetero) is 1. The van der Waals surface area contributed by atoms with Gasteiger partial charge in [-0.2, -0.15) is 0 Å². The number of carbonyl (C=O) groups excluding carboxylic acids is 3. The topological polar surface area (TPSA) is 66.5 Å². The molecule has 22 heavy (non-hydrogen) atoms. The van der Waals surface area contributed by atoms with E-state index in [2.05, 4.69) is 12.2 Å². The molecule has 0 aliphatic heterocycles. The molecule has 5 heteroatoms. The van der Waals surface area contributed by atoms with Crippen LogP contribution in [0.25, 0.3) is 0 Å². The molecule has 0 saturated carbocycles. The van der Waals surface area contributed by atoms with E-state index >= 15 is 0 Å². The molecular formula is C17H24N2O3. The molecule has 1 N–H and O–H groups in total. The van der Waals surface area contributed by atoms with Crippen LogP contribution in [0.15, 0.2) is 24.3 Å². The summed E-state index contributed by atoms with van der Waals surface area (Å²) < 4.78 is 0. The summed E-state index contributed by atoms with van der Waals surface area (Å²) in [5, 5.41) is 2.81. The van der Waals surface area contributed by atoms with E-state index in [1.54, 1.807) is 24.3 Å². The number of hydrogen-bond donors (Lipinski definition) is 1. The molecule has 120 valence electrons. The Morgan fingerprint density at radius 1 is 1.14 bits per heavy atom. The number of benzene rings is 1. The van der Waals surface area contributed by atoms with Crippen LogP contribution < -0.4 is 10.2 Å². The zero-order chi connectivity index (χ0) is 16.5. The van der Waals surface area contributed by atoms with Gasteiger partial charge in [0.2, 0.25) is 11.8 Å². The van der Waals surface area contributed by atoms with E-state index in [9.17, 15) is 14.4 Å². The van der Waals surface area contributed by atoms with Gasteiger partial charge in [-0.1, -0.05) is 31.9 Å². The van der Waals surface area contributed by atoms with Crippen molar-refractivity contribution in [3.63, 3.8) is 0 Å². The Labute approximate surface area is 131 Å². The van der Waals surface area contributed by atoms with Gasteiger partial charge in [-0.3, -0.25) is 14.4 Å². The van der Waals surface area contributed by atoms with E-state index in [0.29, 0.717) is 17.8 Å². The van der Waals surface area contributed by atoms with Crippen LogP contribution in [0.5, 0.6) is 0 Å². The van der Waals surface area contributed by atoms with Crippen molar-refractivity contribution in [2.45, 2.75) is 40.0 Å². The summed E-state index contributed by atoms with van der Waals surface area (Å²) in [5.41, 5.74) is 1.08. The van der Waals surface area contributed by atoms with Crippen molar-refractivity contribution in [3.8, 4) is 0 Å². The van der Waals surface area contributed by atoms with Gasteiger partial charge in [0.25, 0.3) is 0 Å². The van der Waals surface area contributed by atoms with Crippen LogP contribution in [-0.4, -0.2) is 30.7 Å². The second kappa shape index (κ2) is 8.97. The van der Waals surface area contributed by atoms with Crippen LogP contribution in [0.3, 0.4) is 0 Å². The van der Waals surface area contributed by atoms with Gasteiger partial charge in [0.05, 0.1) is 0 Å². The summed E-state index contributed by atoms with van der Waals surface area (Å²) in [4.78, 5) is 36.5. The molecule has 0 aliphatic rings. The first kappa shape index (κ1) is 17.9. The molecule has 0 heterocycles. The molecule has 0 saturated heterocycles. The second-order valence-corrected chi connectivity index (χ2v) is 5.27. The van der Waals surface area contributed by atoms with Crippen LogP contribution in [-0.2, 0) is 9.59 Å². The highest BCUT2D eigenvalue weighted by Crippen LogP contribution is 2.16. The number of anilines is 1. The van der Waals surface area contributed by atoms with Gasteiger partial charge in [0.1, 0.15) is 6.54 Å². The zero-order valence-electron chi connectivity index (χ0n) is 13.5. The Morgan fingerprint density at radius 3 is 2.45 bits per heavy atom. The van der Waals surface area contributed by atoms with Gasteiger partial charge in [0.15, 0.2) is 5.78 Å². The van der Waals surface area contributed by atoms with Crippen LogP contribution >= 0.6 is 0 Å². The predicted molar refractivity (Wildman–Crippen MR) is 87.0 cm³/mol. The smallest absolute Gasteiger partial charge is 0.240 e. The molecule has 0 spiro atoms. The first-order valence-electron chi connectivity index (χ1n) is 7.61.